The van der Waals surface area contributed by atoms with E-state index in [-0.39, 0.29) is 90.1 Å². The van der Waals surface area contributed by atoms with Gasteiger partial charge in [0, 0.05) is 92.8 Å². The number of piperazine rings is 1. The van der Waals surface area contributed by atoms with Crippen LogP contribution < -0.4 is 27.0 Å². The van der Waals surface area contributed by atoms with E-state index >= 15 is 0 Å². The first-order valence-corrected chi connectivity index (χ1v) is 29.8. The Hall–Kier alpha value is -5.55. The Kier molecular flexibility index (Phi) is 25.1. The number of hydrogen-bond acceptors (Lipinski definition) is 15. The molecule has 22 heteroatoms. The van der Waals surface area contributed by atoms with E-state index in [0.29, 0.717) is 63.3 Å². The van der Waals surface area contributed by atoms with E-state index in [1.54, 1.807) is 21.7 Å². The van der Waals surface area contributed by atoms with Gasteiger partial charge in [-0.2, -0.15) is 12.6 Å². The van der Waals surface area contributed by atoms with Crippen LogP contribution in [-0.2, 0) is 44.7 Å². The van der Waals surface area contributed by atoms with Crippen LogP contribution in [0.4, 0.5) is 0 Å². The van der Waals surface area contributed by atoms with Gasteiger partial charge < -0.3 is 46.4 Å². The maximum absolute atomic E-state index is 14.6. The maximum atomic E-state index is 14.6. The van der Waals surface area contributed by atoms with Crippen molar-refractivity contribution in [1.29, 1.82) is 0 Å². The van der Waals surface area contributed by atoms with Crippen molar-refractivity contribution in [2.75, 3.05) is 59.1 Å². The fourth-order valence-corrected chi connectivity index (χ4v) is 11.2. The van der Waals surface area contributed by atoms with Crippen molar-refractivity contribution in [2.24, 2.45) is 17.6 Å². The largest absolute Gasteiger partial charge is 0.455 e. The topological polar surface area (TPSA) is 246 Å². The Bertz CT molecular complexity index is 2510. The third-order valence-electron chi connectivity index (χ3n) is 14.5. The molecule has 1 aromatic heterocycles. The van der Waals surface area contributed by atoms with Crippen LogP contribution in [0.5, 0.6) is 0 Å². The van der Waals surface area contributed by atoms with Crippen LogP contribution in [0, 0.1) is 11.8 Å². The van der Waals surface area contributed by atoms with Gasteiger partial charge in [0.15, 0.2) is 6.10 Å². The monoisotopic (exact) mass is 1150 g/mol. The summed E-state index contributed by atoms with van der Waals surface area (Å²) in [5.41, 5.74) is 6.66. The second-order valence-corrected chi connectivity index (χ2v) is 25.0. The van der Waals surface area contributed by atoms with E-state index in [2.05, 4.69) is 38.9 Å². The number of thiol groups is 1. The van der Waals surface area contributed by atoms with Crippen molar-refractivity contribution in [3.63, 3.8) is 0 Å². The normalized spacial score (nSPS) is 18.0. The van der Waals surface area contributed by atoms with Crippen molar-refractivity contribution in [3.05, 3.63) is 82.3 Å². The molecule has 2 aliphatic rings. The first kappa shape index (κ1) is 64.3. The van der Waals surface area contributed by atoms with Gasteiger partial charge in [-0.15, -0.1) is 23.1 Å². The molecule has 2 unspecified atom stereocenters. The second kappa shape index (κ2) is 30.9. The molecule has 3 aromatic rings. The first-order valence-electron chi connectivity index (χ1n) is 27.5. The van der Waals surface area contributed by atoms with Crippen molar-refractivity contribution >= 4 is 83.0 Å². The molecule has 19 nitrogen and oxygen atoms in total. The zero-order valence-electron chi connectivity index (χ0n) is 47.4. The van der Waals surface area contributed by atoms with E-state index in [1.165, 1.54) is 24.1 Å². The SMILES string of the molecule is CC[C@H](C)[C@H](NC(=O)C1CN1C)C(=O)N(C)[C@H](C[C@@H](OC(C)=O)c1nc(C(=O)N[C@@H](CSc2ccccc2)C(=O)N[C@H](CCCCN)C(=O)N[C@@H](Cc2ccccc2)C(=O)N2CCN(C(=O)CCC(C)(C)S)CC2)cs1)C(C)C. The van der Waals surface area contributed by atoms with Gasteiger partial charge in [-0.05, 0) is 68.8 Å². The Morgan fingerprint density at radius 1 is 0.873 bits per heavy atom. The second-order valence-electron chi connectivity index (χ2n) is 21.8. The summed E-state index contributed by atoms with van der Waals surface area (Å²) in [7, 11) is 3.53. The molecule has 3 heterocycles. The van der Waals surface area contributed by atoms with Gasteiger partial charge in [-0.1, -0.05) is 96.5 Å². The lowest BCUT2D eigenvalue weighted by atomic mass is 9.93. The van der Waals surface area contributed by atoms with Crippen LogP contribution in [-0.4, -0.2) is 172 Å². The molecule has 5 rings (SSSR count). The van der Waals surface area contributed by atoms with E-state index in [0.717, 1.165) is 21.8 Å². The number of thiazole rings is 1. The van der Waals surface area contributed by atoms with E-state index in [4.69, 9.17) is 10.5 Å². The number of unbranched alkanes of at least 4 members (excludes halogenated alkanes) is 1. The molecular weight excluding hydrogens is 1060 g/mol. The third-order valence-corrected chi connectivity index (χ3v) is 16.8. The number of hydrogen-bond donors (Lipinski definition) is 6. The number of carbonyl (C=O) groups is 8. The number of thioether (sulfide) groups is 1. The fraction of sp³-hybridized carbons (Fsp3) is 0.596. The molecule has 2 aromatic carbocycles. The lowest BCUT2D eigenvalue weighted by Crippen LogP contribution is -2.59. The summed E-state index contributed by atoms with van der Waals surface area (Å²) in [6, 6.07) is 13.8. The van der Waals surface area contributed by atoms with Gasteiger partial charge in [0.2, 0.25) is 35.4 Å². The van der Waals surface area contributed by atoms with E-state index < -0.39 is 60.0 Å². The van der Waals surface area contributed by atoms with Crippen LogP contribution in [0.1, 0.15) is 121 Å². The highest BCUT2D eigenvalue weighted by atomic mass is 32.2. The quantitative estimate of drug-likeness (QED) is 0.0172. The minimum atomic E-state index is -1.19. The van der Waals surface area contributed by atoms with Gasteiger partial charge >= 0.3 is 5.97 Å². The van der Waals surface area contributed by atoms with E-state index in [9.17, 15) is 38.4 Å². The highest BCUT2D eigenvalue weighted by Gasteiger charge is 2.42. The molecule has 79 heavy (non-hydrogen) atoms. The van der Waals surface area contributed by atoms with Crippen molar-refractivity contribution < 1.29 is 43.1 Å². The number of rotatable bonds is 30. The van der Waals surface area contributed by atoms with Gasteiger partial charge in [0.25, 0.3) is 5.91 Å². The molecule has 434 valence electrons. The molecule has 0 aliphatic carbocycles. The number of carbonyl (C=O) groups excluding carboxylic acids is 8. The number of aromatic nitrogens is 1. The summed E-state index contributed by atoms with van der Waals surface area (Å²) in [5.74, 6) is -3.52. The summed E-state index contributed by atoms with van der Waals surface area (Å²) in [4.78, 5) is 123. The molecule has 2 aliphatic heterocycles. The summed E-state index contributed by atoms with van der Waals surface area (Å²) in [6.07, 6.45) is 2.18. The smallest absolute Gasteiger partial charge is 0.303 e. The highest BCUT2D eigenvalue weighted by molar-refractivity contribution is 7.99. The van der Waals surface area contributed by atoms with Crippen molar-refractivity contribution in [1.82, 2.24) is 45.9 Å². The molecule has 6 N–H and O–H groups in total. The lowest BCUT2D eigenvalue weighted by Gasteiger charge is -2.37. The van der Waals surface area contributed by atoms with Crippen LogP contribution in [0.25, 0.3) is 0 Å². The molecule has 2 saturated heterocycles. The average Bonchev–Trinajstić information content (AvgIpc) is 3.96. The number of nitrogens with one attached hydrogen (secondary N) is 4. The summed E-state index contributed by atoms with van der Waals surface area (Å²) in [6.45, 7) is 15.2. The van der Waals surface area contributed by atoms with Crippen molar-refractivity contribution in [2.45, 2.75) is 152 Å². The zero-order chi connectivity index (χ0) is 58.0. The molecule has 2 fully saturated rings. The summed E-state index contributed by atoms with van der Waals surface area (Å²) < 4.78 is 5.55. The van der Waals surface area contributed by atoms with Gasteiger partial charge in [0.05, 0.1) is 0 Å². The molecule has 0 bridgehead atoms. The standard InChI is InChI=1S/C57H84N10O9S3/c1-10-37(4)49(63-53(73)46-33-64(46)8)56(75)65(9)45(36(2)3)32-47(76-38(5)68)54-62-44(35-79-54)52(72)61-43(34-78-40-21-15-12-16-22-40)51(71)59-41(23-17-18-26-58)50(70)60-42(31-39-19-13-11-14-20-39)55(74)67-29-27-66(28-30-67)48(69)24-25-57(6,7)77/h11-16,19-22,35-37,41-43,45-47,49,77H,10,17-18,23-34,58H2,1-9H3,(H,59,71)(H,60,70)(H,61,72)(H,63,73)/t37-,41+,42-,43-,45+,46?,47+,49-,64?/m0/s1. The Labute approximate surface area is 480 Å². The van der Waals surface area contributed by atoms with Crippen molar-refractivity contribution in [3.8, 4) is 0 Å². The molecule has 0 radical (unpaired) electrons. The molecule has 7 amide bonds. The third kappa shape index (κ3) is 20.2. The maximum Gasteiger partial charge on any atom is 0.303 e. The molecule has 0 saturated carbocycles. The van der Waals surface area contributed by atoms with Gasteiger partial charge in [-0.3, -0.25) is 43.3 Å². The lowest BCUT2D eigenvalue weighted by molar-refractivity contribution is -0.149. The van der Waals surface area contributed by atoms with Crippen LogP contribution in [0.15, 0.2) is 70.9 Å². The van der Waals surface area contributed by atoms with Crippen LogP contribution in [0.2, 0.25) is 0 Å². The summed E-state index contributed by atoms with van der Waals surface area (Å²) in [5, 5.41) is 13.5. The fourth-order valence-electron chi connectivity index (χ4n) is 9.30. The van der Waals surface area contributed by atoms with Gasteiger partial charge in [-0.25, -0.2) is 4.98 Å². The van der Waals surface area contributed by atoms with Gasteiger partial charge in [0.1, 0.15) is 40.9 Å². The van der Waals surface area contributed by atoms with E-state index in [1.807, 2.05) is 114 Å². The highest BCUT2D eigenvalue weighted by Crippen LogP contribution is 2.32. The predicted octanol–water partition coefficient (Wildman–Crippen LogP) is 4.86. The number of nitrogens with zero attached hydrogens (tertiary/aromatic N) is 5. The summed E-state index contributed by atoms with van der Waals surface area (Å²) >= 11 is 6.98. The van der Waals surface area contributed by atoms with Crippen LogP contribution in [0.3, 0.4) is 0 Å². The average molecular weight is 1150 g/mol. The first-order chi connectivity index (χ1) is 37.5. The minimum Gasteiger partial charge on any atom is -0.455 e. The number of esters is 1. The Morgan fingerprint density at radius 3 is 2.06 bits per heavy atom. The Balaban J connectivity index is 1.35. The number of likely N-dealkylation sites (N-methyl/N-ethyl adjacent to an activating group) is 2. The number of ether oxygens (including phenoxy) is 1. The Morgan fingerprint density at radius 2 is 1.48 bits per heavy atom. The number of nitrogens with two attached hydrogens (primary N) is 1. The number of benzene rings is 2. The predicted molar refractivity (Wildman–Crippen MR) is 311 cm³/mol. The molecule has 0 spiro atoms. The zero-order valence-corrected chi connectivity index (χ0v) is 49.9. The number of amides is 7. The minimum absolute atomic E-state index is 0.00217. The van der Waals surface area contributed by atoms with Crippen LogP contribution >= 0.6 is 35.7 Å². The molecule has 9 atom stereocenters. The molecular formula is C57H84N10O9S3.